The van der Waals surface area contributed by atoms with Gasteiger partial charge in [0.2, 0.25) is 0 Å². The van der Waals surface area contributed by atoms with E-state index in [1.165, 1.54) is 0 Å². The van der Waals surface area contributed by atoms with Gasteiger partial charge in [-0.2, -0.15) is 4.98 Å². The Labute approximate surface area is 92.4 Å². The number of primary sulfonamides is 1. The Kier molecular flexibility index (Phi) is 2.32. The molecule has 2 aromatic rings. The van der Waals surface area contributed by atoms with Gasteiger partial charge in [0.25, 0.3) is 21.1 Å². The average Bonchev–Trinajstić information content (AvgIpc) is 2.72. The molecule has 0 amide bonds. The van der Waals surface area contributed by atoms with Crippen LogP contribution in [0.1, 0.15) is 11.4 Å². The molecule has 86 valence electrons. The molecule has 0 saturated carbocycles. The first-order chi connectivity index (χ1) is 7.39. The molecule has 8 heteroatoms. The molecule has 2 rings (SSSR count). The van der Waals surface area contributed by atoms with E-state index in [0.29, 0.717) is 0 Å². The Balaban J connectivity index is 2.55. The number of aryl methyl sites for hydroxylation is 2. The van der Waals surface area contributed by atoms with E-state index in [1.807, 2.05) is 26.0 Å². The van der Waals surface area contributed by atoms with Crippen LogP contribution in [0.15, 0.2) is 17.3 Å². The molecule has 0 bridgehead atoms. The van der Waals surface area contributed by atoms with Crippen LogP contribution in [-0.2, 0) is 10.0 Å². The number of hydrogen-bond donors (Lipinski definition) is 2. The fourth-order valence-electron chi connectivity index (χ4n) is 1.45. The first kappa shape index (κ1) is 10.8. The third-order valence-electron chi connectivity index (χ3n) is 2.19. The second kappa shape index (κ2) is 3.42. The molecule has 0 unspecified atom stereocenters. The van der Waals surface area contributed by atoms with Crippen molar-refractivity contribution >= 4 is 10.0 Å². The van der Waals surface area contributed by atoms with Crippen molar-refractivity contribution in [3.8, 4) is 5.95 Å². The van der Waals surface area contributed by atoms with Gasteiger partial charge in [0.05, 0.1) is 0 Å². The molecular weight excluding hydrogens is 230 g/mol. The Hall–Kier alpha value is -1.67. The number of aromatic amines is 1. The summed E-state index contributed by atoms with van der Waals surface area (Å²) in [6.45, 7) is 3.75. The quantitative estimate of drug-likeness (QED) is 0.763. The molecule has 0 aliphatic rings. The van der Waals surface area contributed by atoms with E-state index >= 15 is 0 Å². The van der Waals surface area contributed by atoms with Crippen LogP contribution in [0.3, 0.4) is 0 Å². The number of nitrogens with one attached hydrogen (secondary N) is 1. The van der Waals surface area contributed by atoms with Crippen molar-refractivity contribution < 1.29 is 8.42 Å². The first-order valence-corrected chi connectivity index (χ1v) is 6.05. The third kappa shape index (κ3) is 1.72. The Morgan fingerprint density at radius 3 is 2.31 bits per heavy atom. The van der Waals surface area contributed by atoms with Crippen molar-refractivity contribution in [2.24, 2.45) is 5.14 Å². The maximum absolute atomic E-state index is 11.0. The van der Waals surface area contributed by atoms with Crippen LogP contribution in [-0.4, -0.2) is 28.2 Å². The smallest absolute Gasteiger partial charge is 0.273 e. The number of H-pyrrole nitrogens is 1. The topological polar surface area (TPSA) is 107 Å². The zero-order valence-electron chi connectivity index (χ0n) is 8.80. The maximum atomic E-state index is 11.0. The van der Waals surface area contributed by atoms with Gasteiger partial charge < -0.3 is 0 Å². The van der Waals surface area contributed by atoms with Gasteiger partial charge in [-0.3, -0.25) is 4.57 Å². The zero-order valence-corrected chi connectivity index (χ0v) is 9.61. The Bertz CT molecular complexity index is 605. The van der Waals surface area contributed by atoms with E-state index in [2.05, 4.69) is 15.2 Å². The monoisotopic (exact) mass is 241 g/mol. The molecule has 0 atom stereocenters. The van der Waals surface area contributed by atoms with Crippen molar-refractivity contribution in [1.29, 1.82) is 0 Å². The second-order valence-corrected chi connectivity index (χ2v) is 4.91. The number of sulfonamides is 1. The van der Waals surface area contributed by atoms with Crippen LogP contribution >= 0.6 is 0 Å². The van der Waals surface area contributed by atoms with Crippen molar-refractivity contribution in [2.45, 2.75) is 19.0 Å². The van der Waals surface area contributed by atoms with Gasteiger partial charge in [0.15, 0.2) is 0 Å². The van der Waals surface area contributed by atoms with Crippen LogP contribution in [0.4, 0.5) is 0 Å². The molecule has 0 aliphatic heterocycles. The molecule has 2 aromatic heterocycles. The Morgan fingerprint density at radius 1 is 1.31 bits per heavy atom. The number of nitrogens with zero attached hydrogens (tertiary/aromatic N) is 3. The molecule has 0 saturated heterocycles. The van der Waals surface area contributed by atoms with Crippen LogP contribution in [0.5, 0.6) is 0 Å². The van der Waals surface area contributed by atoms with Crippen LogP contribution < -0.4 is 5.14 Å². The van der Waals surface area contributed by atoms with E-state index in [9.17, 15) is 8.42 Å². The molecule has 0 radical (unpaired) electrons. The van der Waals surface area contributed by atoms with Gasteiger partial charge in [0, 0.05) is 11.4 Å². The summed E-state index contributed by atoms with van der Waals surface area (Å²) in [6, 6.07) is 3.78. The van der Waals surface area contributed by atoms with Crippen molar-refractivity contribution in [3.05, 3.63) is 23.5 Å². The van der Waals surface area contributed by atoms with Crippen LogP contribution in [0.25, 0.3) is 5.95 Å². The molecule has 0 aromatic carbocycles. The van der Waals surface area contributed by atoms with Crippen molar-refractivity contribution in [3.63, 3.8) is 0 Å². The lowest BCUT2D eigenvalue weighted by atomic mass is 10.5. The molecule has 16 heavy (non-hydrogen) atoms. The normalized spacial score (nSPS) is 11.9. The molecule has 2 heterocycles. The minimum atomic E-state index is -3.84. The van der Waals surface area contributed by atoms with E-state index in [1.54, 1.807) is 4.57 Å². The number of aromatic nitrogens is 4. The van der Waals surface area contributed by atoms with Gasteiger partial charge in [-0.1, -0.05) is 0 Å². The van der Waals surface area contributed by atoms with Gasteiger partial charge >= 0.3 is 0 Å². The van der Waals surface area contributed by atoms with Gasteiger partial charge in [0.1, 0.15) is 0 Å². The summed E-state index contributed by atoms with van der Waals surface area (Å²) in [5.74, 6) is 0.268. The molecule has 3 N–H and O–H groups in total. The van der Waals surface area contributed by atoms with Crippen LogP contribution in [0.2, 0.25) is 0 Å². The predicted molar refractivity (Wildman–Crippen MR) is 56.6 cm³/mol. The number of rotatable bonds is 2. The lowest BCUT2D eigenvalue weighted by Gasteiger charge is -2.01. The van der Waals surface area contributed by atoms with E-state index < -0.39 is 10.0 Å². The SMILES string of the molecule is Cc1ccc(C)n1-c1n[nH]c(S(N)(=O)=O)n1. The molecule has 0 aliphatic carbocycles. The van der Waals surface area contributed by atoms with Crippen molar-refractivity contribution in [2.75, 3.05) is 0 Å². The number of nitrogens with two attached hydrogens (primary N) is 1. The van der Waals surface area contributed by atoms with E-state index in [-0.39, 0.29) is 11.1 Å². The van der Waals surface area contributed by atoms with E-state index in [4.69, 9.17) is 5.14 Å². The summed E-state index contributed by atoms with van der Waals surface area (Å²) in [5.41, 5.74) is 1.83. The lowest BCUT2D eigenvalue weighted by Crippen LogP contribution is -2.14. The third-order valence-corrected chi connectivity index (χ3v) is 2.92. The molecular formula is C8H11N5O2S. The summed E-state index contributed by atoms with van der Waals surface area (Å²) < 4.78 is 23.8. The number of hydrogen-bond acceptors (Lipinski definition) is 4. The largest absolute Gasteiger partial charge is 0.286 e. The summed E-state index contributed by atoms with van der Waals surface area (Å²) in [4.78, 5) is 3.83. The Morgan fingerprint density at radius 2 is 1.88 bits per heavy atom. The van der Waals surface area contributed by atoms with Gasteiger partial charge in [-0.05, 0) is 26.0 Å². The second-order valence-electron chi connectivity index (χ2n) is 3.44. The molecule has 0 spiro atoms. The highest BCUT2D eigenvalue weighted by Crippen LogP contribution is 2.13. The standard InChI is InChI=1S/C8H11N5O2S/c1-5-3-4-6(2)13(5)7-10-8(12-11-7)16(9,14)15/h3-4H,1-2H3,(H2,9,14,15)(H,10,11,12). The summed E-state index contributed by atoms with van der Waals surface area (Å²) >= 11 is 0. The van der Waals surface area contributed by atoms with E-state index in [0.717, 1.165) is 11.4 Å². The fourth-order valence-corrected chi connectivity index (χ4v) is 1.83. The highest BCUT2D eigenvalue weighted by atomic mass is 32.2. The lowest BCUT2D eigenvalue weighted by molar-refractivity contribution is 0.589. The minimum absolute atomic E-state index is 0.268. The zero-order chi connectivity index (χ0) is 11.9. The van der Waals surface area contributed by atoms with Crippen LogP contribution in [0, 0.1) is 13.8 Å². The van der Waals surface area contributed by atoms with Gasteiger partial charge in [-0.15, -0.1) is 5.10 Å². The highest BCUT2D eigenvalue weighted by Gasteiger charge is 2.16. The molecule has 0 fully saturated rings. The first-order valence-electron chi connectivity index (χ1n) is 4.50. The average molecular weight is 241 g/mol. The fraction of sp³-hybridized carbons (Fsp3) is 0.250. The summed E-state index contributed by atoms with van der Waals surface area (Å²) in [6.07, 6.45) is 0. The van der Waals surface area contributed by atoms with Gasteiger partial charge in [-0.25, -0.2) is 18.7 Å². The minimum Gasteiger partial charge on any atom is -0.286 e. The van der Waals surface area contributed by atoms with Crippen molar-refractivity contribution in [1.82, 2.24) is 19.7 Å². The maximum Gasteiger partial charge on any atom is 0.273 e. The highest BCUT2D eigenvalue weighted by molar-refractivity contribution is 7.89. The summed E-state index contributed by atoms with van der Waals surface area (Å²) in [7, 11) is -3.84. The summed E-state index contributed by atoms with van der Waals surface area (Å²) in [5, 5.41) is 10.7. The molecule has 7 nitrogen and oxygen atoms in total. The predicted octanol–water partition coefficient (Wildman–Crippen LogP) is -0.140.